The molecule has 0 N–H and O–H groups in total. The van der Waals surface area contributed by atoms with Gasteiger partial charge in [-0.1, -0.05) is 0 Å². The van der Waals surface area contributed by atoms with E-state index in [2.05, 4.69) is 27.3 Å². The van der Waals surface area contributed by atoms with Crippen LogP contribution in [0, 0.1) is 13.8 Å². The van der Waals surface area contributed by atoms with Gasteiger partial charge in [-0.05, 0) is 49.4 Å². The van der Waals surface area contributed by atoms with Gasteiger partial charge < -0.3 is 0 Å². The predicted molar refractivity (Wildman–Crippen MR) is 102 cm³/mol. The van der Waals surface area contributed by atoms with E-state index in [1.165, 1.54) is 5.56 Å². The van der Waals surface area contributed by atoms with Gasteiger partial charge in [0.15, 0.2) is 5.65 Å². The molecule has 0 saturated heterocycles. The molecule has 0 spiro atoms. The van der Waals surface area contributed by atoms with Crippen LogP contribution < -0.4 is 0 Å². The van der Waals surface area contributed by atoms with Crippen LogP contribution in [0.25, 0.3) is 22.6 Å². The van der Waals surface area contributed by atoms with Gasteiger partial charge in [0.2, 0.25) is 0 Å². The summed E-state index contributed by atoms with van der Waals surface area (Å²) in [6.07, 6.45) is 6.97. The Morgan fingerprint density at radius 1 is 1.04 bits per heavy atom. The number of aryl methyl sites for hydroxylation is 4. The number of pyridine rings is 1. The zero-order chi connectivity index (χ0) is 18.7. The number of aromatic nitrogens is 7. The highest BCUT2D eigenvalue weighted by Crippen LogP contribution is 2.54. The van der Waals surface area contributed by atoms with Gasteiger partial charge in [-0.15, -0.1) is 0 Å². The Labute approximate surface area is 157 Å². The first-order valence-corrected chi connectivity index (χ1v) is 9.13. The summed E-state index contributed by atoms with van der Waals surface area (Å²) in [5.41, 5.74) is 7.80. The molecule has 0 aromatic carbocycles. The zero-order valence-corrected chi connectivity index (χ0v) is 15.9. The maximum absolute atomic E-state index is 4.82. The van der Waals surface area contributed by atoms with Crippen LogP contribution >= 0.6 is 0 Å². The maximum Gasteiger partial charge on any atom is 0.178 e. The summed E-state index contributed by atoms with van der Waals surface area (Å²) in [4.78, 5) is 13.8. The summed E-state index contributed by atoms with van der Waals surface area (Å²) < 4.78 is 3.76. The van der Waals surface area contributed by atoms with Gasteiger partial charge in [-0.2, -0.15) is 10.2 Å². The Morgan fingerprint density at radius 3 is 2.67 bits per heavy atom. The highest BCUT2D eigenvalue weighted by Gasteiger charge is 2.42. The van der Waals surface area contributed by atoms with E-state index < -0.39 is 0 Å². The van der Waals surface area contributed by atoms with Crippen molar-refractivity contribution in [1.29, 1.82) is 0 Å². The van der Waals surface area contributed by atoms with E-state index in [-0.39, 0.29) is 0 Å². The lowest BCUT2D eigenvalue weighted by atomic mass is 10.1. The molecule has 2 atom stereocenters. The Hall–Kier alpha value is -3.09. The van der Waals surface area contributed by atoms with Crippen LogP contribution in [0.2, 0.25) is 0 Å². The van der Waals surface area contributed by atoms with Crippen LogP contribution in [0.4, 0.5) is 0 Å². The Bertz CT molecular complexity index is 1170. The summed E-state index contributed by atoms with van der Waals surface area (Å²) in [5, 5.41) is 9.04. The van der Waals surface area contributed by atoms with Gasteiger partial charge in [0.05, 0.1) is 23.8 Å². The molecule has 4 aromatic rings. The monoisotopic (exact) mass is 359 g/mol. The second-order valence-corrected chi connectivity index (χ2v) is 7.48. The van der Waals surface area contributed by atoms with Crippen molar-refractivity contribution in [3.8, 4) is 11.4 Å². The van der Waals surface area contributed by atoms with Gasteiger partial charge in [0.25, 0.3) is 0 Å². The third kappa shape index (κ3) is 2.70. The molecule has 0 radical (unpaired) electrons. The normalized spacial score (nSPS) is 19.0. The molecular weight excluding hydrogens is 338 g/mol. The van der Waals surface area contributed by atoms with Crippen molar-refractivity contribution in [2.24, 2.45) is 14.1 Å². The number of hydrogen-bond donors (Lipinski definition) is 0. The Morgan fingerprint density at radius 2 is 1.89 bits per heavy atom. The van der Waals surface area contributed by atoms with E-state index >= 15 is 0 Å². The summed E-state index contributed by atoms with van der Waals surface area (Å²) in [7, 11) is 3.92. The minimum Gasteiger partial charge on any atom is -0.276 e. The summed E-state index contributed by atoms with van der Waals surface area (Å²) in [6.45, 7) is 4.02. The smallest absolute Gasteiger partial charge is 0.178 e. The van der Waals surface area contributed by atoms with Gasteiger partial charge >= 0.3 is 0 Å². The van der Waals surface area contributed by atoms with Crippen LogP contribution in [0.15, 0.2) is 30.7 Å². The summed E-state index contributed by atoms with van der Waals surface area (Å²) in [5.74, 6) is 0.965. The fourth-order valence-corrected chi connectivity index (χ4v) is 3.87. The number of hydrogen-bond acceptors (Lipinski definition) is 5. The molecule has 27 heavy (non-hydrogen) atoms. The Balaban J connectivity index is 1.49. The van der Waals surface area contributed by atoms with E-state index in [1.807, 2.05) is 49.6 Å². The minimum atomic E-state index is 0.452. The van der Waals surface area contributed by atoms with Crippen molar-refractivity contribution in [2.45, 2.75) is 32.1 Å². The quantitative estimate of drug-likeness (QED) is 0.562. The molecule has 7 heteroatoms. The highest BCUT2D eigenvalue weighted by atomic mass is 15.3. The van der Waals surface area contributed by atoms with Crippen molar-refractivity contribution in [3.05, 3.63) is 53.2 Å². The molecule has 4 aromatic heterocycles. The van der Waals surface area contributed by atoms with Gasteiger partial charge in [-0.3, -0.25) is 9.36 Å². The van der Waals surface area contributed by atoms with Crippen molar-refractivity contribution in [1.82, 2.24) is 34.5 Å². The van der Waals surface area contributed by atoms with Crippen molar-refractivity contribution >= 4 is 11.2 Å². The first-order valence-electron chi connectivity index (χ1n) is 9.13. The molecule has 4 heterocycles. The molecule has 0 amide bonds. The molecule has 1 saturated carbocycles. The molecule has 2 unspecified atom stereocenters. The fourth-order valence-electron chi connectivity index (χ4n) is 3.87. The fraction of sp³-hybridized carbons (Fsp3) is 0.350. The Kier molecular flexibility index (Phi) is 3.40. The second-order valence-electron chi connectivity index (χ2n) is 7.48. The maximum atomic E-state index is 4.82. The molecule has 1 aliphatic carbocycles. The molecule has 7 nitrogen and oxygen atoms in total. The average Bonchev–Trinajstić information content (AvgIpc) is 3.16. The van der Waals surface area contributed by atoms with Crippen molar-refractivity contribution in [2.75, 3.05) is 0 Å². The lowest BCUT2D eigenvalue weighted by Gasteiger charge is -2.05. The predicted octanol–water partition coefficient (Wildman–Crippen LogP) is 3.05. The summed E-state index contributed by atoms with van der Waals surface area (Å²) in [6, 6.07) is 4.19. The van der Waals surface area contributed by atoms with Crippen molar-refractivity contribution < 1.29 is 0 Å². The minimum absolute atomic E-state index is 0.452. The lowest BCUT2D eigenvalue weighted by Crippen LogP contribution is -1.99. The van der Waals surface area contributed by atoms with Crippen LogP contribution in [0.3, 0.4) is 0 Å². The van der Waals surface area contributed by atoms with Gasteiger partial charge in [0.1, 0.15) is 11.2 Å². The molecule has 5 rings (SSSR count). The topological polar surface area (TPSA) is 74.3 Å². The van der Waals surface area contributed by atoms with Gasteiger partial charge in [0, 0.05) is 31.9 Å². The third-order valence-corrected chi connectivity index (χ3v) is 5.32. The van der Waals surface area contributed by atoms with E-state index in [4.69, 9.17) is 10.1 Å². The SMILES string of the molecule is Cc1cc(C)c2nc(-c3cc(C4CC4c4cnn(C)c4)nn3C)cnc2n1. The first kappa shape index (κ1) is 16.1. The summed E-state index contributed by atoms with van der Waals surface area (Å²) >= 11 is 0. The molecular formula is C20H21N7. The molecule has 0 aliphatic heterocycles. The second kappa shape index (κ2) is 5.70. The molecule has 1 aliphatic rings. The first-order chi connectivity index (χ1) is 13.0. The van der Waals surface area contributed by atoms with Crippen molar-refractivity contribution in [3.63, 3.8) is 0 Å². The largest absolute Gasteiger partial charge is 0.276 e. The number of rotatable bonds is 3. The van der Waals surface area contributed by atoms with Crippen LogP contribution in [-0.2, 0) is 14.1 Å². The highest BCUT2D eigenvalue weighted by molar-refractivity contribution is 5.76. The van der Waals surface area contributed by atoms with Crippen LogP contribution in [-0.4, -0.2) is 34.5 Å². The van der Waals surface area contributed by atoms with Gasteiger partial charge in [-0.25, -0.2) is 15.0 Å². The standard InChI is InChI=1S/C20H21N7/c1-11-5-12(2)23-20-19(11)24-17(9-21-20)18-7-16(25-27(18)4)15-6-14(15)13-8-22-26(3)10-13/h5,7-10,14-15H,6H2,1-4H3. The van der Waals surface area contributed by atoms with E-state index in [0.717, 1.165) is 40.3 Å². The van der Waals surface area contributed by atoms with Crippen LogP contribution in [0.5, 0.6) is 0 Å². The zero-order valence-electron chi connectivity index (χ0n) is 15.9. The molecule has 136 valence electrons. The van der Waals surface area contributed by atoms with E-state index in [0.29, 0.717) is 17.5 Å². The lowest BCUT2D eigenvalue weighted by molar-refractivity contribution is 0.745. The average molecular weight is 359 g/mol. The van der Waals surface area contributed by atoms with E-state index in [1.54, 1.807) is 6.20 Å². The third-order valence-electron chi connectivity index (χ3n) is 5.32. The number of nitrogens with zero attached hydrogens (tertiary/aromatic N) is 7. The van der Waals surface area contributed by atoms with Crippen LogP contribution in [0.1, 0.15) is 40.8 Å². The van der Waals surface area contributed by atoms with E-state index in [9.17, 15) is 0 Å². The molecule has 0 bridgehead atoms. The number of fused-ring (bicyclic) bond motifs is 1. The molecule has 1 fully saturated rings.